The molecule has 0 bridgehead atoms. The van der Waals surface area contributed by atoms with E-state index in [9.17, 15) is 13.2 Å². The van der Waals surface area contributed by atoms with Crippen molar-refractivity contribution in [3.63, 3.8) is 0 Å². The van der Waals surface area contributed by atoms with Crippen LogP contribution in [0.1, 0.15) is 11.3 Å². The van der Waals surface area contributed by atoms with Gasteiger partial charge in [0.05, 0.1) is 6.20 Å². The summed E-state index contributed by atoms with van der Waals surface area (Å²) in [7, 11) is 0. The third kappa shape index (κ3) is 2.08. The maximum Gasteiger partial charge on any atom is 0.451 e. The SMILES string of the molecule is Cc1ccc(-c2ncc(C(F)(F)F)o2)cc1. The van der Waals surface area contributed by atoms with Crippen LogP contribution in [-0.2, 0) is 6.18 Å². The minimum Gasteiger partial charge on any atom is -0.432 e. The highest BCUT2D eigenvalue weighted by Gasteiger charge is 2.35. The van der Waals surface area contributed by atoms with E-state index in [0.717, 1.165) is 5.56 Å². The molecule has 0 aliphatic rings. The molecule has 1 heterocycles. The number of alkyl halides is 3. The van der Waals surface area contributed by atoms with Crippen molar-refractivity contribution in [3.05, 3.63) is 41.8 Å². The number of benzene rings is 1. The van der Waals surface area contributed by atoms with Crippen LogP contribution in [0.25, 0.3) is 11.5 Å². The van der Waals surface area contributed by atoms with Crippen LogP contribution in [0, 0.1) is 6.92 Å². The molecule has 16 heavy (non-hydrogen) atoms. The normalized spacial score (nSPS) is 11.8. The van der Waals surface area contributed by atoms with E-state index in [2.05, 4.69) is 9.40 Å². The maximum atomic E-state index is 12.2. The summed E-state index contributed by atoms with van der Waals surface area (Å²) in [5, 5.41) is 0. The summed E-state index contributed by atoms with van der Waals surface area (Å²) >= 11 is 0. The third-order valence-corrected chi connectivity index (χ3v) is 2.08. The number of oxazole rings is 1. The van der Waals surface area contributed by atoms with Gasteiger partial charge in [0.25, 0.3) is 0 Å². The molecule has 0 unspecified atom stereocenters. The number of hydrogen-bond acceptors (Lipinski definition) is 2. The Morgan fingerprint density at radius 2 is 1.75 bits per heavy atom. The standard InChI is InChI=1S/C11H8F3NO/c1-7-2-4-8(5-3-7)10-15-6-9(16-10)11(12,13)14/h2-6H,1H3. The minimum atomic E-state index is -4.49. The van der Waals surface area contributed by atoms with Gasteiger partial charge in [-0.2, -0.15) is 13.2 Å². The molecule has 84 valence electrons. The van der Waals surface area contributed by atoms with Crippen LogP contribution in [-0.4, -0.2) is 4.98 Å². The van der Waals surface area contributed by atoms with Crippen molar-refractivity contribution in [1.82, 2.24) is 4.98 Å². The second-order valence-corrected chi connectivity index (χ2v) is 3.39. The Bertz CT molecular complexity index is 485. The van der Waals surface area contributed by atoms with E-state index >= 15 is 0 Å². The largest absolute Gasteiger partial charge is 0.451 e. The van der Waals surface area contributed by atoms with Gasteiger partial charge < -0.3 is 4.42 Å². The van der Waals surface area contributed by atoms with Crippen LogP contribution >= 0.6 is 0 Å². The monoisotopic (exact) mass is 227 g/mol. The number of halogens is 3. The van der Waals surface area contributed by atoms with Crippen LogP contribution in [0.5, 0.6) is 0 Å². The molecule has 0 amide bonds. The lowest BCUT2D eigenvalue weighted by Gasteiger charge is -2.00. The molecule has 0 fully saturated rings. The zero-order chi connectivity index (χ0) is 11.8. The highest BCUT2D eigenvalue weighted by atomic mass is 19.4. The highest BCUT2D eigenvalue weighted by Crippen LogP contribution is 2.32. The molecule has 0 saturated carbocycles. The first kappa shape index (κ1) is 10.7. The fourth-order valence-electron chi connectivity index (χ4n) is 1.23. The van der Waals surface area contributed by atoms with Crippen molar-refractivity contribution >= 4 is 0 Å². The summed E-state index contributed by atoms with van der Waals surface area (Å²) in [5.41, 5.74) is 1.55. The Hall–Kier alpha value is -1.78. The van der Waals surface area contributed by atoms with Gasteiger partial charge in [-0.1, -0.05) is 17.7 Å². The van der Waals surface area contributed by atoms with Crippen LogP contribution in [0.2, 0.25) is 0 Å². The van der Waals surface area contributed by atoms with E-state index in [4.69, 9.17) is 0 Å². The van der Waals surface area contributed by atoms with Crippen LogP contribution in [0.3, 0.4) is 0 Å². The molecular formula is C11H8F3NO. The predicted molar refractivity (Wildman–Crippen MR) is 51.7 cm³/mol. The summed E-state index contributed by atoms with van der Waals surface area (Å²) in [6.07, 6.45) is -3.80. The maximum absolute atomic E-state index is 12.2. The average molecular weight is 227 g/mol. The van der Waals surface area contributed by atoms with Gasteiger partial charge in [0.15, 0.2) is 0 Å². The van der Waals surface area contributed by atoms with Gasteiger partial charge in [-0.05, 0) is 19.1 Å². The van der Waals surface area contributed by atoms with E-state index in [1.165, 1.54) is 0 Å². The Labute approximate surface area is 89.7 Å². The second-order valence-electron chi connectivity index (χ2n) is 3.39. The van der Waals surface area contributed by atoms with Crippen molar-refractivity contribution in [3.8, 4) is 11.5 Å². The number of hydrogen-bond donors (Lipinski definition) is 0. The lowest BCUT2D eigenvalue weighted by Crippen LogP contribution is -2.02. The molecule has 2 rings (SSSR count). The van der Waals surface area contributed by atoms with Crippen LogP contribution < -0.4 is 0 Å². The molecule has 0 N–H and O–H groups in total. The predicted octanol–water partition coefficient (Wildman–Crippen LogP) is 3.67. The quantitative estimate of drug-likeness (QED) is 0.742. The van der Waals surface area contributed by atoms with E-state index in [1.54, 1.807) is 24.3 Å². The molecular weight excluding hydrogens is 219 g/mol. The molecule has 0 aliphatic carbocycles. The molecule has 0 atom stereocenters. The first-order valence-corrected chi connectivity index (χ1v) is 4.57. The second kappa shape index (κ2) is 3.66. The summed E-state index contributed by atoms with van der Waals surface area (Å²) in [6.45, 7) is 1.89. The van der Waals surface area contributed by atoms with Gasteiger partial charge in [0.2, 0.25) is 11.7 Å². The van der Waals surface area contributed by atoms with E-state index in [-0.39, 0.29) is 5.89 Å². The number of aryl methyl sites for hydroxylation is 1. The van der Waals surface area contributed by atoms with Crippen molar-refractivity contribution < 1.29 is 17.6 Å². The summed E-state index contributed by atoms with van der Waals surface area (Å²) < 4.78 is 41.4. The Kier molecular flexibility index (Phi) is 2.46. The molecule has 1 aromatic heterocycles. The molecule has 0 aliphatic heterocycles. The Balaban J connectivity index is 2.35. The molecule has 0 saturated heterocycles. The third-order valence-electron chi connectivity index (χ3n) is 2.08. The van der Waals surface area contributed by atoms with E-state index < -0.39 is 11.9 Å². The Morgan fingerprint density at radius 3 is 2.25 bits per heavy atom. The van der Waals surface area contributed by atoms with E-state index in [0.29, 0.717) is 11.8 Å². The number of nitrogens with zero attached hydrogens (tertiary/aromatic N) is 1. The first-order valence-electron chi connectivity index (χ1n) is 4.57. The lowest BCUT2D eigenvalue weighted by molar-refractivity contribution is -0.152. The summed E-state index contributed by atoms with van der Waals surface area (Å²) in [6, 6.07) is 6.90. The van der Waals surface area contributed by atoms with Gasteiger partial charge in [-0.15, -0.1) is 0 Å². The fraction of sp³-hybridized carbons (Fsp3) is 0.182. The van der Waals surface area contributed by atoms with Gasteiger partial charge >= 0.3 is 6.18 Å². The smallest absolute Gasteiger partial charge is 0.432 e. The molecule has 2 aromatic rings. The van der Waals surface area contributed by atoms with Gasteiger partial charge in [-0.3, -0.25) is 0 Å². The molecule has 5 heteroatoms. The van der Waals surface area contributed by atoms with E-state index in [1.807, 2.05) is 6.92 Å². The molecule has 1 aromatic carbocycles. The number of aromatic nitrogens is 1. The first-order chi connectivity index (χ1) is 7.47. The highest BCUT2D eigenvalue weighted by molar-refractivity contribution is 5.53. The zero-order valence-electron chi connectivity index (χ0n) is 8.38. The van der Waals surface area contributed by atoms with Crippen molar-refractivity contribution in [1.29, 1.82) is 0 Å². The van der Waals surface area contributed by atoms with Crippen LogP contribution in [0.4, 0.5) is 13.2 Å². The fourth-order valence-corrected chi connectivity index (χ4v) is 1.23. The summed E-state index contributed by atoms with van der Waals surface area (Å²) in [4.78, 5) is 3.60. The van der Waals surface area contributed by atoms with Crippen molar-refractivity contribution in [2.45, 2.75) is 13.1 Å². The zero-order valence-corrected chi connectivity index (χ0v) is 8.38. The number of rotatable bonds is 1. The molecule has 0 spiro atoms. The van der Waals surface area contributed by atoms with Crippen LogP contribution in [0.15, 0.2) is 34.9 Å². The minimum absolute atomic E-state index is 0.0210. The average Bonchev–Trinajstić information content (AvgIpc) is 2.67. The topological polar surface area (TPSA) is 26.0 Å². The lowest BCUT2D eigenvalue weighted by atomic mass is 10.1. The Morgan fingerprint density at radius 1 is 1.12 bits per heavy atom. The molecule has 0 radical (unpaired) electrons. The van der Waals surface area contributed by atoms with Crippen molar-refractivity contribution in [2.24, 2.45) is 0 Å². The van der Waals surface area contributed by atoms with Crippen molar-refractivity contribution in [2.75, 3.05) is 0 Å². The molecule has 2 nitrogen and oxygen atoms in total. The summed E-state index contributed by atoms with van der Waals surface area (Å²) in [5.74, 6) is -1.10. The van der Waals surface area contributed by atoms with Gasteiger partial charge in [-0.25, -0.2) is 4.98 Å². The van der Waals surface area contributed by atoms with Gasteiger partial charge in [0.1, 0.15) is 0 Å². The van der Waals surface area contributed by atoms with Gasteiger partial charge in [0, 0.05) is 5.56 Å².